The second kappa shape index (κ2) is 10.0. The summed E-state index contributed by atoms with van der Waals surface area (Å²) in [5.74, 6) is -0.161. The third-order valence-electron chi connectivity index (χ3n) is 5.53. The number of hydrogen-bond donors (Lipinski definition) is 1. The number of carbonyl (C=O) groups excluding carboxylic acids is 1. The zero-order valence-electron chi connectivity index (χ0n) is 17.7. The van der Waals surface area contributed by atoms with E-state index in [1.165, 1.54) is 6.08 Å². The number of hydrogen-bond acceptors (Lipinski definition) is 5. The molecule has 0 atom stereocenters. The molecule has 0 spiro atoms. The molecule has 1 N–H and O–H groups in total. The summed E-state index contributed by atoms with van der Waals surface area (Å²) in [7, 11) is -3.52. The number of pyridine rings is 1. The summed E-state index contributed by atoms with van der Waals surface area (Å²) < 4.78 is 27.7. The first-order valence-corrected chi connectivity index (χ1v) is 12.0. The van der Waals surface area contributed by atoms with E-state index in [1.54, 1.807) is 34.9 Å². The molecule has 8 heteroatoms. The lowest BCUT2D eigenvalue weighted by atomic mass is 10.1. The first kappa shape index (κ1) is 22.1. The van der Waals surface area contributed by atoms with Gasteiger partial charge < -0.3 is 5.32 Å². The van der Waals surface area contributed by atoms with Gasteiger partial charge in [-0.15, -0.1) is 0 Å². The minimum atomic E-state index is -3.52. The number of aromatic nitrogens is 1. The van der Waals surface area contributed by atoms with Gasteiger partial charge in [-0.3, -0.25) is 14.7 Å². The van der Waals surface area contributed by atoms with Crippen LogP contribution in [-0.4, -0.2) is 67.8 Å². The van der Waals surface area contributed by atoms with Gasteiger partial charge in [-0.25, -0.2) is 8.42 Å². The van der Waals surface area contributed by atoms with Crippen LogP contribution < -0.4 is 5.32 Å². The quantitative estimate of drug-likeness (QED) is 0.559. The molecule has 0 unspecified atom stereocenters. The van der Waals surface area contributed by atoms with Crippen LogP contribution in [-0.2, 0) is 14.8 Å². The monoisotopic (exact) mass is 450 g/mol. The van der Waals surface area contributed by atoms with Gasteiger partial charge in [0.2, 0.25) is 15.9 Å². The highest BCUT2D eigenvalue weighted by Gasteiger charge is 2.28. The first-order chi connectivity index (χ1) is 15.5. The lowest BCUT2D eigenvalue weighted by Crippen LogP contribution is -2.50. The van der Waals surface area contributed by atoms with Gasteiger partial charge in [0, 0.05) is 57.7 Å². The number of benzene rings is 2. The Kier molecular flexibility index (Phi) is 6.94. The summed E-state index contributed by atoms with van der Waals surface area (Å²) in [6.45, 7) is 3.32. The van der Waals surface area contributed by atoms with E-state index >= 15 is 0 Å². The number of carbonyl (C=O) groups is 1. The number of amides is 1. The van der Waals surface area contributed by atoms with E-state index in [0.29, 0.717) is 44.2 Å². The van der Waals surface area contributed by atoms with Crippen molar-refractivity contribution < 1.29 is 13.2 Å². The molecule has 0 bridgehead atoms. The third-order valence-corrected chi connectivity index (χ3v) is 7.42. The summed E-state index contributed by atoms with van der Waals surface area (Å²) >= 11 is 0. The third kappa shape index (κ3) is 5.40. The molecule has 0 aliphatic carbocycles. The predicted octanol–water partition coefficient (Wildman–Crippen LogP) is 2.37. The molecule has 32 heavy (non-hydrogen) atoms. The summed E-state index contributed by atoms with van der Waals surface area (Å²) in [5, 5.41) is 4.80. The van der Waals surface area contributed by atoms with E-state index in [4.69, 9.17) is 0 Å². The van der Waals surface area contributed by atoms with Crippen LogP contribution in [0.2, 0.25) is 0 Å². The molecule has 1 saturated heterocycles. The molecule has 0 radical (unpaired) electrons. The van der Waals surface area contributed by atoms with Crippen molar-refractivity contribution in [1.29, 1.82) is 0 Å². The Bertz CT molecular complexity index is 1200. The molecule has 3 aromatic rings. The van der Waals surface area contributed by atoms with Crippen molar-refractivity contribution in [3.63, 3.8) is 0 Å². The van der Waals surface area contributed by atoms with Crippen molar-refractivity contribution in [3.8, 4) is 0 Å². The van der Waals surface area contributed by atoms with Crippen LogP contribution in [0, 0.1) is 0 Å². The molecule has 1 fully saturated rings. The fourth-order valence-corrected chi connectivity index (χ4v) is 5.17. The molecule has 4 rings (SSSR count). The van der Waals surface area contributed by atoms with Crippen molar-refractivity contribution in [3.05, 3.63) is 78.6 Å². The van der Waals surface area contributed by atoms with Gasteiger partial charge in [-0.1, -0.05) is 36.4 Å². The lowest BCUT2D eigenvalue weighted by molar-refractivity contribution is -0.116. The predicted molar refractivity (Wildman–Crippen MR) is 125 cm³/mol. The van der Waals surface area contributed by atoms with Gasteiger partial charge in [-0.2, -0.15) is 4.31 Å². The molecule has 1 aliphatic rings. The van der Waals surface area contributed by atoms with Gasteiger partial charge in [0.1, 0.15) is 0 Å². The molecular formula is C24H26N4O3S. The number of nitrogens with one attached hydrogen (secondary N) is 1. The molecule has 0 saturated carbocycles. The number of fused-ring (bicyclic) bond motifs is 1. The summed E-state index contributed by atoms with van der Waals surface area (Å²) in [4.78, 5) is 18.5. The Hall–Kier alpha value is -3.07. The SMILES string of the molecule is O=C(C=Cc1cccnc1)NCCN1CCN(S(=O)(=O)c2ccc3ccccc3c2)CC1. The van der Waals surface area contributed by atoms with Crippen LogP contribution >= 0.6 is 0 Å². The van der Waals surface area contributed by atoms with E-state index in [1.807, 2.05) is 42.5 Å². The molecule has 2 heterocycles. The number of rotatable bonds is 7. The molecule has 2 aromatic carbocycles. The largest absolute Gasteiger partial charge is 0.351 e. The number of nitrogens with zero attached hydrogens (tertiary/aromatic N) is 3. The summed E-state index contributed by atoms with van der Waals surface area (Å²) in [6.07, 6.45) is 6.59. The Labute approximate surface area is 188 Å². The first-order valence-electron chi connectivity index (χ1n) is 10.6. The van der Waals surface area contributed by atoms with Crippen molar-refractivity contribution >= 4 is 32.8 Å². The van der Waals surface area contributed by atoms with Crippen LogP contribution in [0.5, 0.6) is 0 Å². The van der Waals surface area contributed by atoms with Crippen LogP contribution in [0.3, 0.4) is 0 Å². The molecule has 1 amide bonds. The van der Waals surface area contributed by atoms with E-state index in [-0.39, 0.29) is 5.91 Å². The summed E-state index contributed by atoms with van der Waals surface area (Å²) in [5.41, 5.74) is 0.867. The maximum atomic E-state index is 13.1. The molecule has 7 nitrogen and oxygen atoms in total. The smallest absolute Gasteiger partial charge is 0.244 e. The highest BCUT2D eigenvalue weighted by atomic mass is 32.2. The fourth-order valence-electron chi connectivity index (χ4n) is 3.71. The van der Waals surface area contributed by atoms with E-state index in [2.05, 4.69) is 15.2 Å². The van der Waals surface area contributed by atoms with Gasteiger partial charge in [0.25, 0.3) is 0 Å². The number of sulfonamides is 1. The maximum Gasteiger partial charge on any atom is 0.244 e. The molecule has 1 aliphatic heterocycles. The van der Waals surface area contributed by atoms with Gasteiger partial charge in [0.15, 0.2) is 0 Å². The second-order valence-corrected chi connectivity index (χ2v) is 9.60. The average Bonchev–Trinajstić information content (AvgIpc) is 2.83. The van der Waals surface area contributed by atoms with Gasteiger partial charge >= 0.3 is 0 Å². The van der Waals surface area contributed by atoms with Crippen LogP contribution in [0.1, 0.15) is 5.56 Å². The van der Waals surface area contributed by atoms with Crippen molar-refractivity contribution in [2.45, 2.75) is 4.90 Å². The maximum absolute atomic E-state index is 13.1. The highest BCUT2D eigenvalue weighted by Crippen LogP contribution is 2.22. The van der Waals surface area contributed by atoms with E-state index < -0.39 is 10.0 Å². The van der Waals surface area contributed by atoms with Gasteiger partial charge in [0.05, 0.1) is 4.90 Å². The van der Waals surface area contributed by atoms with Crippen LogP contribution in [0.4, 0.5) is 0 Å². The Balaban J connectivity index is 1.25. The Morgan fingerprint density at radius 3 is 2.53 bits per heavy atom. The minimum absolute atomic E-state index is 0.161. The fraction of sp³-hybridized carbons (Fsp3) is 0.250. The van der Waals surface area contributed by atoms with Crippen LogP contribution in [0.15, 0.2) is 78.0 Å². The summed E-state index contributed by atoms with van der Waals surface area (Å²) in [6, 6.07) is 16.7. The normalized spacial score (nSPS) is 15.9. The average molecular weight is 451 g/mol. The molecule has 1 aromatic heterocycles. The van der Waals surface area contributed by atoms with E-state index in [0.717, 1.165) is 16.3 Å². The Morgan fingerprint density at radius 2 is 1.78 bits per heavy atom. The van der Waals surface area contributed by atoms with Crippen molar-refractivity contribution in [2.24, 2.45) is 0 Å². The lowest BCUT2D eigenvalue weighted by Gasteiger charge is -2.34. The highest BCUT2D eigenvalue weighted by molar-refractivity contribution is 7.89. The topological polar surface area (TPSA) is 82.6 Å². The minimum Gasteiger partial charge on any atom is -0.351 e. The molecule has 166 valence electrons. The van der Waals surface area contributed by atoms with Crippen molar-refractivity contribution in [1.82, 2.24) is 19.5 Å². The zero-order chi connectivity index (χ0) is 22.4. The Morgan fingerprint density at radius 1 is 1.00 bits per heavy atom. The second-order valence-electron chi connectivity index (χ2n) is 7.67. The number of piperazine rings is 1. The molecular weight excluding hydrogens is 424 g/mol. The van der Waals surface area contributed by atoms with E-state index in [9.17, 15) is 13.2 Å². The standard InChI is InChI=1S/C24H26N4O3S/c29-24(10-7-20-4-3-11-25-19-20)26-12-13-27-14-16-28(17-15-27)32(30,31)23-9-8-21-5-1-2-6-22(21)18-23/h1-11,18-19H,12-17H2,(H,26,29). The van der Waals surface area contributed by atoms with Crippen molar-refractivity contribution in [2.75, 3.05) is 39.3 Å². The van der Waals surface area contributed by atoms with Crippen LogP contribution in [0.25, 0.3) is 16.8 Å². The van der Waals surface area contributed by atoms with Gasteiger partial charge in [-0.05, 0) is 40.6 Å². The zero-order valence-corrected chi connectivity index (χ0v) is 18.5.